The maximum atomic E-state index is 13.6. The molecule has 0 bridgehead atoms. The molecule has 1 N–H and O–H groups in total. The van der Waals surface area contributed by atoms with Gasteiger partial charge in [-0.2, -0.15) is 0 Å². The van der Waals surface area contributed by atoms with Gasteiger partial charge in [-0.3, -0.25) is 0 Å². The summed E-state index contributed by atoms with van der Waals surface area (Å²) in [6.07, 6.45) is 0. The van der Waals surface area contributed by atoms with E-state index >= 15 is 0 Å². The first kappa shape index (κ1) is 11.0. The van der Waals surface area contributed by atoms with E-state index in [0.29, 0.717) is 5.52 Å². The molecule has 0 fully saturated rings. The molecule has 0 aliphatic carbocycles. The summed E-state index contributed by atoms with van der Waals surface area (Å²) in [7, 11) is 0. The lowest BCUT2D eigenvalue weighted by Gasteiger charge is -2.04. The van der Waals surface area contributed by atoms with Gasteiger partial charge in [0, 0.05) is 5.56 Å². The van der Waals surface area contributed by atoms with E-state index in [0.717, 1.165) is 22.5 Å². The molecule has 0 atom stereocenters. The average Bonchev–Trinajstić information content (AvgIpc) is 2.78. The maximum absolute atomic E-state index is 13.6. The van der Waals surface area contributed by atoms with Crippen LogP contribution in [-0.2, 0) is 0 Å². The van der Waals surface area contributed by atoms with E-state index in [1.165, 1.54) is 11.6 Å². The fourth-order valence-electron chi connectivity index (χ4n) is 2.13. The van der Waals surface area contributed by atoms with Crippen molar-refractivity contribution in [1.82, 2.24) is 9.97 Å². The summed E-state index contributed by atoms with van der Waals surface area (Å²) in [4.78, 5) is 7.52. The minimum atomic E-state index is -0.291. The Hall–Kier alpha value is -2.16. The van der Waals surface area contributed by atoms with Gasteiger partial charge in [-0.15, -0.1) is 0 Å². The van der Waals surface area contributed by atoms with Crippen molar-refractivity contribution in [2.45, 2.75) is 13.8 Å². The van der Waals surface area contributed by atoms with E-state index in [-0.39, 0.29) is 5.82 Å². The van der Waals surface area contributed by atoms with Crippen molar-refractivity contribution in [2.75, 3.05) is 0 Å². The highest BCUT2D eigenvalue weighted by Gasteiger charge is 2.10. The molecule has 0 amide bonds. The van der Waals surface area contributed by atoms with Crippen LogP contribution >= 0.6 is 0 Å². The quantitative estimate of drug-likeness (QED) is 0.684. The highest BCUT2D eigenvalue weighted by atomic mass is 19.1. The number of H-pyrrole nitrogens is 1. The van der Waals surface area contributed by atoms with Gasteiger partial charge in [0.05, 0.1) is 5.52 Å². The second kappa shape index (κ2) is 3.95. The number of aromatic amines is 1. The summed E-state index contributed by atoms with van der Waals surface area (Å²) >= 11 is 0. The monoisotopic (exact) mass is 240 g/mol. The molecule has 0 aliphatic rings. The van der Waals surface area contributed by atoms with Crippen molar-refractivity contribution >= 4 is 11.0 Å². The van der Waals surface area contributed by atoms with Crippen LogP contribution in [0.3, 0.4) is 0 Å². The number of aryl methyl sites for hydroxylation is 1. The number of rotatable bonds is 1. The average molecular weight is 240 g/mol. The molecule has 3 heteroatoms. The van der Waals surface area contributed by atoms with E-state index < -0.39 is 0 Å². The molecule has 1 aromatic heterocycles. The molecule has 2 aromatic carbocycles. The lowest BCUT2D eigenvalue weighted by molar-refractivity contribution is 0.637. The topological polar surface area (TPSA) is 28.7 Å². The largest absolute Gasteiger partial charge is 0.338 e. The third-order valence-electron chi connectivity index (χ3n) is 3.32. The fourth-order valence-corrected chi connectivity index (χ4v) is 2.13. The van der Waals surface area contributed by atoms with E-state index in [2.05, 4.69) is 23.0 Å². The first-order valence-electron chi connectivity index (χ1n) is 5.87. The predicted molar refractivity (Wildman–Crippen MR) is 71.0 cm³/mol. The zero-order valence-corrected chi connectivity index (χ0v) is 10.3. The third kappa shape index (κ3) is 1.59. The normalized spacial score (nSPS) is 11.1. The number of hydrogen-bond donors (Lipinski definition) is 1. The Bertz CT molecular complexity index is 728. The van der Waals surface area contributed by atoms with Gasteiger partial charge in [0.25, 0.3) is 0 Å². The Labute approximate surface area is 104 Å². The number of imidazole rings is 1. The molecule has 0 radical (unpaired) electrons. The molecule has 0 spiro atoms. The molecule has 0 saturated heterocycles. The van der Waals surface area contributed by atoms with Crippen molar-refractivity contribution in [2.24, 2.45) is 0 Å². The molecular formula is C15H13FN2. The first-order chi connectivity index (χ1) is 8.66. The number of hydrogen-bond acceptors (Lipinski definition) is 1. The highest BCUT2D eigenvalue weighted by Crippen LogP contribution is 2.26. The fraction of sp³-hybridized carbons (Fsp3) is 0.133. The zero-order valence-electron chi connectivity index (χ0n) is 10.3. The minimum absolute atomic E-state index is 0.291. The van der Waals surface area contributed by atoms with Crippen LogP contribution < -0.4 is 0 Å². The summed E-state index contributed by atoms with van der Waals surface area (Å²) in [6.45, 7) is 4.11. The number of fused-ring (bicyclic) bond motifs is 1. The van der Waals surface area contributed by atoms with Crippen molar-refractivity contribution in [3.63, 3.8) is 0 Å². The van der Waals surface area contributed by atoms with E-state index in [1.807, 2.05) is 25.1 Å². The number of para-hydroxylation sites is 1. The summed E-state index contributed by atoms with van der Waals surface area (Å²) < 4.78 is 13.6. The Morgan fingerprint density at radius 3 is 2.61 bits per heavy atom. The molecular weight excluding hydrogens is 227 g/mol. The predicted octanol–water partition coefficient (Wildman–Crippen LogP) is 3.99. The molecule has 3 aromatic rings. The van der Waals surface area contributed by atoms with Gasteiger partial charge in [0.15, 0.2) is 5.82 Å². The highest BCUT2D eigenvalue weighted by molar-refractivity contribution is 5.80. The van der Waals surface area contributed by atoms with Gasteiger partial charge in [0.2, 0.25) is 0 Å². The van der Waals surface area contributed by atoms with Crippen molar-refractivity contribution < 1.29 is 4.39 Å². The summed E-state index contributed by atoms with van der Waals surface area (Å²) in [5, 5.41) is 0. The smallest absolute Gasteiger partial charge is 0.151 e. The van der Waals surface area contributed by atoms with Crippen molar-refractivity contribution in [3.8, 4) is 11.4 Å². The van der Waals surface area contributed by atoms with E-state index in [1.54, 1.807) is 6.07 Å². The van der Waals surface area contributed by atoms with Crippen LogP contribution in [0.4, 0.5) is 4.39 Å². The number of nitrogens with one attached hydrogen (secondary N) is 1. The van der Waals surface area contributed by atoms with Crippen LogP contribution in [0.5, 0.6) is 0 Å². The zero-order chi connectivity index (χ0) is 12.7. The van der Waals surface area contributed by atoms with Crippen molar-refractivity contribution in [3.05, 3.63) is 53.3 Å². The van der Waals surface area contributed by atoms with Crippen LogP contribution in [0.25, 0.3) is 22.4 Å². The molecule has 3 rings (SSSR count). The van der Waals surface area contributed by atoms with Gasteiger partial charge >= 0.3 is 0 Å². The molecule has 1 heterocycles. The number of benzene rings is 2. The van der Waals surface area contributed by atoms with Crippen LogP contribution in [0.1, 0.15) is 11.1 Å². The Morgan fingerprint density at radius 2 is 1.83 bits per heavy atom. The Kier molecular flexibility index (Phi) is 2.40. The maximum Gasteiger partial charge on any atom is 0.151 e. The second-order valence-electron chi connectivity index (χ2n) is 4.47. The number of halogens is 1. The SMILES string of the molecule is Cc1cccc(-c2nc3c(F)cccc3[nH]2)c1C. The van der Waals surface area contributed by atoms with Crippen LogP contribution in [-0.4, -0.2) is 9.97 Å². The van der Waals surface area contributed by atoms with Gasteiger partial charge in [-0.25, -0.2) is 9.37 Å². The third-order valence-corrected chi connectivity index (χ3v) is 3.32. The molecule has 0 unspecified atom stereocenters. The molecule has 0 aliphatic heterocycles. The Morgan fingerprint density at radius 1 is 1.06 bits per heavy atom. The van der Waals surface area contributed by atoms with Crippen LogP contribution in [0, 0.1) is 19.7 Å². The summed E-state index contributed by atoms with van der Waals surface area (Å²) in [6, 6.07) is 11.0. The minimum Gasteiger partial charge on any atom is -0.338 e. The molecule has 0 saturated carbocycles. The Balaban J connectivity index is 2.26. The van der Waals surface area contributed by atoms with Crippen LogP contribution in [0.15, 0.2) is 36.4 Å². The van der Waals surface area contributed by atoms with E-state index in [4.69, 9.17) is 0 Å². The van der Waals surface area contributed by atoms with Gasteiger partial charge in [-0.1, -0.05) is 24.3 Å². The number of aromatic nitrogens is 2. The lowest BCUT2D eigenvalue weighted by atomic mass is 10.0. The van der Waals surface area contributed by atoms with Crippen LogP contribution in [0.2, 0.25) is 0 Å². The molecule has 18 heavy (non-hydrogen) atoms. The number of nitrogens with zero attached hydrogens (tertiary/aromatic N) is 1. The van der Waals surface area contributed by atoms with Gasteiger partial charge in [-0.05, 0) is 37.1 Å². The second-order valence-corrected chi connectivity index (χ2v) is 4.47. The molecule has 2 nitrogen and oxygen atoms in total. The van der Waals surface area contributed by atoms with Gasteiger partial charge < -0.3 is 4.98 Å². The summed E-state index contributed by atoms with van der Waals surface area (Å²) in [5.41, 5.74) is 4.51. The van der Waals surface area contributed by atoms with E-state index in [9.17, 15) is 4.39 Å². The van der Waals surface area contributed by atoms with Crippen molar-refractivity contribution in [1.29, 1.82) is 0 Å². The lowest BCUT2D eigenvalue weighted by Crippen LogP contribution is -1.88. The van der Waals surface area contributed by atoms with Gasteiger partial charge in [0.1, 0.15) is 11.3 Å². The molecule has 90 valence electrons. The first-order valence-corrected chi connectivity index (χ1v) is 5.87. The standard InChI is InChI=1S/C15H13FN2/c1-9-5-3-6-11(10(9)2)15-17-13-8-4-7-12(16)14(13)18-15/h3-8H,1-2H3,(H,17,18). The summed E-state index contributed by atoms with van der Waals surface area (Å²) in [5.74, 6) is 0.427.